The summed E-state index contributed by atoms with van der Waals surface area (Å²) in [5.74, 6) is 0.596. The van der Waals surface area contributed by atoms with E-state index in [1.165, 1.54) is 5.57 Å². The summed E-state index contributed by atoms with van der Waals surface area (Å²) in [5.41, 5.74) is 3.87. The number of phenols is 2. The fourth-order valence-corrected chi connectivity index (χ4v) is 3.37. The third kappa shape index (κ3) is 4.07. The van der Waals surface area contributed by atoms with Crippen molar-refractivity contribution < 1.29 is 10.2 Å². The topological polar surface area (TPSA) is 40.5 Å². The van der Waals surface area contributed by atoms with E-state index < -0.39 is 0 Å². The molecule has 0 aliphatic heterocycles. The zero-order valence-electron chi connectivity index (χ0n) is 14.5. The third-order valence-corrected chi connectivity index (χ3v) is 4.64. The van der Waals surface area contributed by atoms with Crippen molar-refractivity contribution in [2.75, 3.05) is 0 Å². The molecule has 2 nitrogen and oxygen atoms in total. The van der Waals surface area contributed by atoms with Gasteiger partial charge in [-0.1, -0.05) is 49.3 Å². The molecule has 0 bridgehead atoms. The predicted molar refractivity (Wildman–Crippen MR) is 97.7 cm³/mol. The zero-order chi connectivity index (χ0) is 17.0. The molecule has 1 aliphatic carbocycles. The summed E-state index contributed by atoms with van der Waals surface area (Å²) in [6.45, 7) is 10.4. The number of benzene rings is 1. The lowest BCUT2D eigenvalue weighted by molar-refractivity contribution is 0.407. The van der Waals surface area contributed by atoms with E-state index in [2.05, 4.69) is 32.6 Å². The van der Waals surface area contributed by atoms with E-state index in [1.54, 1.807) is 12.1 Å². The van der Waals surface area contributed by atoms with E-state index >= 15 is 0 Å². The molecule has 1 aliphatic rings. The summed E-state index contributed by atoms with van der Waals surface area (Å²) in [6.07, 6.45) is 10.3. The molecule has 0 saturated heterocycles. The molecule has 2 heteroatoms. The van der Waals surface area contributed by atoms with Crippen LogP contribution < -0.4 is 0 Å². The third-order valence-electron chi connectivity index (χ3n) is 4.64. The van der Waals surface area contributed by atoms with E-state index in [9.17, 15) is 10.2 Å². The van der Waals surface area contributed by atoms with Gasteiger partial charge in [-0.15, -0.1) is 0 Å². The number of unbranched alkanes of at least 4 members (excludes halogenated alkanes) is 1. The van der Waals surface area contributed by atoms with Crippen LogP contribution in [0.2, 0.25) is 0 Å². The van der Waals surface area contributed by atoms with E-state index in [0.717, 1.165) is 36.8 Å². The fraction of sp³-hybridized carbons (Fsp3) is 0.429. The maximum Gasteiger partial charge on any atom is 0.123 e. The number of aromatic hydroxyl groups is 2. The van der Waals surface area contributed by atoms with Gasteiger partial charge in [-0.3, -0.25) is 0 Å². The first-order chi connectivity index (χ1) is 10.9. The van der Waals surface area contributed by atoms with Gasteiger partial charge in [0.1, 0.15) is 11.5 Å². The van der Waals surface area contributed by atoms with Crippen molar-refractivity contribution in [3.63, 3.8) is 0 Å². The molecule has 2 unspecified atom stereocenters. The Morgan fingerprint density at radius 3 is 2.52 bits per heavy atom. The molecule has 2 atom stereocenters. The largest absolute Gasteiger partial charge is 0.507 e. The molecule has 0 aromatic heterocycles. The van der Waals surface area contributed by atoms with Crippen LogP contribution in [-0.2, 0) is 0 Å². The number of rotatable bonds is 5. The first kappa shape index (κ1) is 17.4. The van der Waals surface area contributed by atoms with Crippen molar-refractivity contribution >= 4 is 6.08 Å². The highest BCUT2D eigenvalue weighted by atomic mass is 16.3. The van der Waals surface area contributed by atoms with Gasteiger partial charge >= 0.3 is 0 Å². The number of hydrogen-bond donors (Lipinski definition) is 2. The van der Waals surface area contributed by atoms with Crippen molar-refractivity contribution in [1.29, 1.82) is 0 Å². The van der Waals surface area contributed by atoms with Crippen molar-refractivity contribution in [2.45, 2.75) is 52.4 Å². The Balaban J connectivity index is 2.41. The van der Waals surface area contributed by atoms with Gasteiger partial charge < -0.3 is 10.2 Å². The molecular weight excluding hydrogens is 284 g/mol. The van der Waals surface area contributed by atoms with Crippen molar-refractivity contribution in [3.8, 4) is 11.5 Å². The monoisotopic (exact) mass is 312 g/mol. The van der Waals surface area contributed by atoms with Gasteiger partial charge in [-0.2, -0.15) is 0 Å². The number of allylic oxidation sites excluding steroid dienone is 4. The molecule has 1 aromatic rings. The average molecular weight is 312 g/mol. The normalized spacial score (nSPS) is 21.4. The van der Waals surface area contributed by atoms with Gasteiger partial charge in [-0.05, 0) is 56.7 Å². The average Bonchev–Trinajstić information content (AvgIpc) is 2.46. The standard InChI is InChI=1S/C21H28O2/c1-5-6-7-8-16-12-19(22)21(20(23)13-16)18-11-15(4)9-10-17(18)14(2)3/h7-8,11-13,17-18,22-23H,2,5-6,9-10H2,1,3-4H3/b8-7+. The summed E-state index contributed by atoms with van der Waals surface area (Å²) in [4.78, 5) is 0. The molecular formula is C21H28O2. The van der Waals surface area contributed by atoms with E-state index in [1.807, 2.05) is 13.0 Å². The molecule has 0 fully saturated rings. The smallest absolute Gasteiger partial charge is 0.123 e. The van der Waals surface area contributed by atoms with Crippen molar-refractivity contribution in [1.82, 2.24) is 0 Å². The van der Waals surface area contributed by atoms with Crippen LogP contribution in [0, 0.1) is 5.92 Å². The first-order valence-electron chi connectivity index (χ1n) is 8.49. The summed E-state index contributed by atoms with van der Waals surface area (Å²) >= 11 is 0. The van der Waals surface area contributed by atoms with Crippen LogP contribution in [0.4, 0.5) is 0 Å². The molecule has 0 spiro atoms. The minimum atomic E-state index is -0.00470. The molecule has 23 heavy (non-hydrogen) atoms. The molecule has 0 radical (unpaired) electrons. The molecule has 0 amide bonds. The Hall–Kier alpha value is -1.96. The SMILES string of the molecule is C=C(C)C1CCC(C)=CC1c1c(O)cc(/C=C/CCC)cc1O. The maximum absolute atomic E-state index is 10.5. The van der Waals surface area contributed by atoms with E-state index in [4.69, 9.17) is 0 Å². The highest BCUT2D eigenvalue weighted by Gasteiger charge is 2.29. The lowest BCUT2D eigenvalue weighted by Crippen LogP contribution is -2.17. The molecule has 0 heterocycles. The highest BCUT2D eigenvalue weighted by molar-refractivity contribution is 5.60. The fourth-order valence-electron chi connectivity index (χ4n) is 3.37. The van der Waals surface area contributed by atoms with Crippen LogP contribution in [0.3, 0.4) is 0 Å². The molecule has 0 saturated carbocycles. The van der Waals surface area contributed by atoms with Crippen LogP contribution >= 0.6 is 0 Å². The maximum atomic E-state index is 10.5. The summed E-state index contributed by atoms with van der Waals surface area (Å²) in [7, 11) is 0. The van der Waals surface area contributed by atoms with E-state index in [0.29, 0.717) is 5.56 Å². The van der Waals surface area contributed by atoms with Gasteiger partial charge in [0, 0.05) is 11.5 Å². The molecule has 124 valence electrons. The van der Waals surface area contributed by atoms with E-state index in [-0.39, 0.29) is 23.3 Å². The second kappa shape index (κ2) is 7.54. The Morgan fingerprint density at radius 2 is 1.96 bits per heavy atom. The molecule has 1 aromatic carbocycles. The quantitative estimate of drug-likeness (QED) is 0.662. The second-order valence-corrected chi connectivity index (χ2v) is 6.69. The van der Waals surface area contributed by atoms with Gasteiger partial charge in [-0.25, -0.2) is 0 Å². The summed E-state index contributed by atoms with van der Waals surface area (Å²) < 4.78 is 0. The highest BCUT2D eigenvalue weighted by Crippen LogP contribution is 2.46. The lowest BCUT2D eigenvalue weighted by atomic mass is 9.73. The van der Waals surface area contributed by atoms with Gasteiger partial charge in [0.15, 0.2) is 0 Å². The first-order valence-corrected chi connectivity index (χ1v) is 8.49. The van der Waals surface area contributed by atoms with Gasteiger partial charge in [0.2, 0.25) is 0 Å². The van der Waals surface area contributed by atoms with Gasteiger partial charge in [0.25, 0.3) is 0 Å². The minimum Gasteiger partial charge on any atom is -0.507 e. The number of hydrogen-bond acceptors (Lipinski definition) is 2. The molecule has 2 N–H and O–H groups in total. The van der Waals surface area contributed by atoms with Crippen LogP contribution in [0.5, 0.6) is 11.5 Å². The Kier molecular flexibility index (Phi) is 5.70. The number of phenolic OH excluding ortho intramolecular Hbond substituents is 2. The summed E-state index contributed by atoms with van der Waals surface area (Å²) in [5, 5.41) is 21.0. The van der Waals surface area contributed by atoms with Crippen LogP contribution in [0.1, 0.15) is 63.5 Å². The van der Waals surface area contributed by atoms with Crippen LogP contribution in [-0.4, -0.2) is 10.2 Å². The zero-order valence-corrected chi connectivity index (χ0v) is 14.5. The van der Waals surface area contributed by atoms with Crippen molar-refractivity contribution in [2.24, 2.45) is 5.92 Å². The van der Waals surface area contributed by atoms with Crippen LogP contribution in [0.15, 0.2) is 42.0 Å². The van der Waals surface area contributed by atoms with Gasteiger partial charge in [0.05, 0.1) is 0 Å². The Morgan fingerprint density at radius 1 is 1.30 bits per heavy atom. The lowest BCUT2D eigenvalue weighted by Gasteiger charge is -2.31. The second-order valence-electron chi connectivity index (χ2n) is 6.69. The predicted octanol–water partition coefficient (Wildman–Crippen LogP) is 5.93. The Labute approximate surface area is 139 Å². The minimum absolute atomic E-state index is 0.00470. The van der Waals surface area contributed by atoms with Crippen LogP contribution in [0.25, 0.3) is 6.08 Å². The Bertz CT molecular complexity index is 614. The van der Waals surface area contributed by atoms with Crippen molar-refractivity contribution in [3.05, 3.63) is 53.1 Å². The summed E-state index contributed by atoms with van der Waals surface area (Å²) in [6, 6.07) is 3.49. The molecule has 2 rings (SSSR count).